The van der Waals surface area contributed by atoms with Gasteiger partial charge in [-0.3, -0.25) is 13.6 Å². The second-order valence-electron chi connectivity index (χ2n) is 11.6. The van der Waals surface area contributed by atoms with E-state index in [4.69, 9.17) is 13.6 Å². The van der Waals surface area contributed by atoms with Gasteiger partial charge in [0.2, 0.25) is 0 Å². The molecule has 0 radical (unpaired) electrons. The van der Waals surface area contributed by atoms with Crippen LogP contribution < -0.4 is 0 Å². The molecule has 0 atom stereocenters. The van der Waals surface area contributed by atoms with E-state index in [2.05, 4.69) is 25.7 Å². The van der Waals surface area contributed by atoms with Crippen molar-refractivity contribution in [2.24, 2.45) is 0 Å². The Morgan fingerprint density at radius 1 is 0.526 bits per heavy atom. The Kier molecular flexibility index (Phi) is 24.7. The summed E-state index contributed by atoms with van der Waals surface area (Å²) in [7, 11) is -3.26. The highest BCUT2D eigenvalue weighted by Crippen LogP contribution is 2.61. The molecule has 0 aromatic carbocycles. The summed E-state index contributed by atoms with van der Waals surface area (Å²) < 4.78 is 28.9. The normalized spacial score (nSPS) is 19.3. The standard InChI is InChI=1S/C32H66NO4P/c1-4-7-10-13-15-17-20-23-28-33(29-24-21-18-16-14-11-8-5-2)30-25-26-31-35-38(34)36-32(37-38)27-22-19-12-9-6-3/h32H,4-31H2,1-3H3. The smallest absolute Gasteiger partial charge is 0.303 e. The summed E-state index contributed by atoms with van der Waals surface area (Å²) >= 11 is 0. The summed E-state index contributed by atoms with van der Waals surface area (Å²) in [6, 6.07) is 0. The zero-order chi connectivity index (χ0) is 27.6. The second kappa shape index (κ2) is 26.0. The quantitative estimate of drug-likeness (QED) is 0.0647. The molecule has 5 nitrogen and oxygen atoms in total. The molecule has 0 saturated carbocycles. The Morgan fingerprint density at radius 3 is 1.34 bits per heavy atom. The Bertz CT molecular complexity index is 518. The third kappa shape index (κ3) is 20.9. The van der Waals surface area contributed by atoms with Gasteiger partial charge >= 0.3 is 7.82 Å². The van der Waals surface area contributed by atoms with Crippen LogP contribution in [0.3, 0.4) is 0 Å². The number of hydrogen-bond donors (Lipinski definition) is 0. The van der Waals surface area contributed by atoms with Gasteiger partial charge in [-0.05, 0) is 58.2 Å². The maximum atomic E-state index is 12.4. The fraction of sp³-hybridized carbons (Fsp3) is 1.00. The Labute approximate surface area is 238 Å². The summed E-state index contributed by atoms with van der Waals surface area (Å²) in [5.74, 6) is 0. The minimum atomic E-state index is -3.26. The van der Waals surface area contributed by atoms with Gasteiger partial charge < -0.3 is 4.90 Å². The van der Waals surface area contributed by atoms with Crippen LogP contribution in [0, 0.1) is 0 Å². The van der Waals surface area contributed by atoms with Crippen LogP contribution in [0.25, 0.3) is 0 Å². The largest absolute Gasteiger partial charge is 0.479 e. The molecule has 0 aliphatic carbocycles. The molecule has 0 amide bonds. The molecule has 1 aliphatic heterocycles. The highest BCUT2D eigenvalue weighted by molar-refractivity contribution is 7.49. The first-order chi connectivity index (χ1) is 18.6. The topological polar surface area (TPSA) is 48.0 Å². The minimum absolute atomic E-state index is 0.323. The number of phosphoric acid groups is 1. The SMILES string of the molecule is CCCCCCCCCCN(CCCCCCCCCC)CCCCOP1(=O)OC(CCCCCCC)O1. The lowest BCUT2D eigenvalue weighted by Gasteiger charge is -2.33. The third-order valence-electron chi connectivity index (χ3n) is 7.81. The number of nitrogens with zero attached hydrogens (tertiary/aromatic N) is 1. The monoisotopic (exact) mass is 559 g/mol. The zero-order valence-corrected chi connectivity index (χ0v) is 26.8. The van der Waals surface area contributed by atoms with Gasteiger partial charge in [0.25, 0.3) is 0 Å². The maximum Gasteiger partial charge on any atom is 0.479 e. The molecule has 228 valence electrons. The van der Waals surface area contributed by atoms with E-state index in [9.17, 15) is 4.57 Å². The van der Waals surface area contributed by atoms with Crippen molar-refractivity contribution in [3.05, 3.63) is 0 Å². The molecule has 1 saturated heterocycles. The highest BCUT2D eigenvalue weighted by atomic mass is 31.2. The lowest BCUT2D eigenvalue weighted by atomic mass is 10.1. The van der Waals surface area contributed by atoms with Crippen LogP contribution >= 0.6 is 7.82 Å². The number of hydrogen-bond acceptors (Lipinski definition) is 5. The number of unbranched alkanes of at least 4 members (excludes halogenated alkanes) is 19. The molecule has 0 bridgehead atoms. The molecule has 6 heteroatoms. The third-order valence-corrected chi connectivity index (χ3v) is 9.30. The van der Waals surface area contributed by atoms with Crippen LogP contribution in [0.5, 0.6) is 0 Å². The molecule has 1 rings (SSSR count). The number of phosphoric ester groups is 1. The van der Waals surface area contributed by atoms with Gasteiger partial charge in [-0.25, -0.2) is 4.57 Å². The van der Waals surface area contributed by atoms with Gasteiger partial charge in [-0.2, -0.15) is 0 Å². The Hall–Kier alpha value is 0.0700. The first-order valence-corrected chi connectivity index (χ1v) is 18.4. The van der Waals surface area contributed by atoms with E-state index < -0.39 is 7.82 Å². The fourth-order valence-corrected chi connectivity index (χ4v) is 6.54. The van der Waals surface area contributed by atoms with E-state index in [0.29, 0.717) is 6.61 Å². The molecule has 1 heterocycles. The van der Waals surface area contributed by atoms with Gasteiger partial charge in [0, 0.05) is 0 Å². The molecule has 1 fully saturated rings. The Balaban J connectivity index is 2.15. The summed E-state index contributed by atoms with van der Waals surface area (Å²) in [6.45, 7) is 10.8. The lowest BCUT2D eigenvalue weighted by molar-refractivity contribution is -0.130. The molecule has 1 aliphatic rings. The van der Waals surface area contributed by atoms with Crippen molar-refractivity contribution < 1.29 is 18.1 Å². The van der Waals surface area contributed by atoms with Crippen LogP contribution in [-0.4, -0.2) is 37.4 Å². The fourth-order valence-electron chi connectivity index (χ4n) is 5.26. The van der Waals surface area contributed by atoms with Crippen molar-refractivity contribution in [1.29, 1.82) is 0 Å². The summed E-state index contributed by atoms with van der Waals surface area (Å²) in [5, 5.41) is 0. The van der Waals surface area contributed by atoms with E-state index in [1.807, 2.05) is 0 Å². The lowest BCUT2D eigenvalue weighted by Crippen LogP contribution is -2.28. The van der Waals surface area contributed by atoms with Crippen molar-refractivity contribution in [2.75, 3.05) is 26.2 Å². The van der Waals surface area contributed by atoms with E-state index in [-0.39, 0.29) is 6.29 Å². The molecule has 0 spiro atoms. The van der Waals surface area contributed by atoms with E-state index in [0.717, 1.165) is 32.2 Å². The van der Waals surface area contributed by atoms with E-state index in [1.165, 1.54) is 142 Å². The van der Waals surface area contributed by atoms with Crippen molar-refractivity contribution in [1.82, 2.24) is 4.90 Å². The zero-order valence-electron chi connectivity index (χ0n) is 25.9. The number of rotatable bonds is 30. The average Bonchev–Trinajstić information content (AvgIpc) is 2.89. The molecular formula is C32H66NO4P. The maximum absolute atomic E-state index is 12.4. The second-order valence-corrected chi connectivity index (χ2v) is 13.2. The van der Waals surface area contributed by atoms with Crippen LogP contribution in [0.15, 0.2) is 0 Å². The summed E-state index contributed by atoms with van der Waals surface area (Å²) in [6.07, 6.45) is 30.5. The van der Waals surface area contributed by atoms with Crippen LogP contribution in [0.2, 0.25) is 0 Å². The first kappa shape index (κ1) is 36.1. The molecule has 0 N–H and O–H groups in total. The van der Waals surface area contributed by atoms with Gasteiger partial charge in [0.15, 0.2) is 6.29 Å². The van der Waals surface area contributed by atoms with Gasteiger partial charge in [0.1, 0.15) is 0 Å². The van der Waals surface area contributed by atoms with Crippen LogP contribution in [0.1, 0.15) is 175 Å². The van der Waals surface area contributed by atoms with Crippen molar-refractivity contribution in [3.8, 4) is 0 Å². The molecule has 0 unspecified atom stereocenters. The summed E-state index contributed by atoms with van der Waals surface area (Å²) in [4.78, 5) is 2.67. The minimum Gasteiger partial charge on any atom is -0.303 e. The molecule has 0 aromatic heterocycles. The van der Waals surface area contributed by atoms with Crippen LogP contribution in [0.4, 0.5) is 0 Å². The summed E-state index contributed by atoms with van der Waals surface area (Å²) in [5.41, 5.74) is 0. The average molecular weight is 560 g/mol. The molecule has 38 heavy (non-hydrogen) atoms. The predicted octanol–water partition coefficient (Wildman–Crippen LogP) is 11.2. The van der Waals surface area contributed by atoms with Crippen molar-refractivity contribution in [3.63, 3.8) is 0 Å². The first-order valence-electron chi connectivity index (χ1n) is 17.0. The van der Waals surface area contributed by atoms with Gasteiger partial charge in [0.05, 0.1) is 6.61 Å². The highest BCUT2D eigenvalue weighted by Gasteiger charge is 2.44. The van der Waals surface area contributed by atoms with Gasteiger partial charge in [-0.15, -0.1) is 0 Å². The molecular weight excluding hydrogens is 493 g/mol. The van der Waals surface area contributed by atoms with E-state index >= 15 is 0 Å². The van der Waals surface area contributed by atoms with Crippen molar-refractivity contribution in [2.45, 2.75) is 181 Å². The van der Waals surface area contributed by atoms with E-state index in [1.54, 1.807) is 0 Å². The van der Waals surface area contributed by atoms with Crippen molar-refractivity contribution >= 4 is 7.82 Å². The van der Waals surface area contributed by atoms with Gasteiger partial charge in [-0.1, -0.05) is 136 Å². The molecule has 0 aromatic rings. The van der Waals surface area contributed by atoms with Crippen LogP contribution in [-0.2, 0) is 18.1 Å². The Morgan fingerprint density at radius 2 is 0.895 bits per heavy atom. The predicted molar refractivity (Wildman–Crippen MR) is 164 cm³/mol.